The van der Waals surface area contributed by atoms with Gasteiger partial charge in [0.15, 0.2) is 5.84 Å². The first kappa shape index (κ1) is 13.1. The summed E-state index contributed by atoms with van der Waals surface area (Å²) in [4.78, 5) is 8.43. The van der Waals surface area contributed by atoms with E-state index in [0.717, 1.165) is 10.9 Å². The Kier molecular flexibility index (Phi) is 4.41. The second-order valence-corrected chi connectivity index (χ2v) is 6.06. The van der Waals surface area contributed by atoms with Gasteiger partial charge >= 0.3 is 0 Å². The number of thioether (sulfide) groups is 1. The quantitative estimate of drug-likeness (QED) is 0.379. The molecule has 1 aromatic rings. The smallest absolute Gasteiger partial charge is 0.190 e. The third-order valence-electron chi connectivity index (χ3n) is 3.17. The molecule has 3 N–H and O–H groups in total. The van der Waals surface area contributed by atoms with Crippen molar-refractivity contribution in [2.75, 3.05) is 0 Å². The van der Waals surface area contributed by atoms with Crippen LogP contribution in [0.5, 0.6) is 0 Å². The fraction of sp³-hybridized carbons (Fsp3) is 0.583. The molecule has 0 amide bonds. The summed E-state index contributed by atoms with van der Waals surface area (Å²) in [5, 5.41) is 13.0. The van der Waals surface area contributed by atoms with E-state index < -0.39 is 0 Å². The van der Waals surface area contributed by atoms with E-state index in [9.17, 15) is 0 Å². The highest BCUT2D eigenvalue weighted by atomic mass is 32.2. The molecule has 0 aromatic carbocycles. The summed E-state index contributed by atoms with van der Waals surface area (Å²) in [6, 6.07) is 0. The zero-order chi connectivity index (χ0) is 13.0. The second-order valence-electron chi connectivity index (χ2n) is 4.74. The minimum Gasteiger partial charge on any atom is -0.409 e. The van der Waals surface area contributed by atoms with Crippen LogP contribution in [0.25, 0.3) is 0 Å². The molecule has 1 saturated carbocycles. The van der Waals surface area contributed by atoms with E-state index in [-0.39, 0.29) is 5.84 Å². The van der Waals surface area contributed by atoms with Crippen molar-refractivity contribution >= 4 is 17.6 Å². The zero-order valence-electron chi connectivity index (χ0n) is 10.4. The van der Waals surface area contributed by atoms with Gasteiger partial charge < -0.3 is 10.9 Å². The van der Waals surface area contributed by atoms with Gasteiger partial charge in [-0.2, -0.15) is 0 Å². The van der Waals surface area contributed by atoms with Crippen LogP contribution in [0.15, 0.2) is 22.6 Å². The van der Waals surface area contributed by atoms with Gasteiger partial charge in [0.05, 0.1) is 12.4 Å². The van der Waals surface area contributed by atoms with E-state index >= 15 is 0 Å². The highest BCUT2D eigenvalue weighted by Gasteiger charge is 2.20. The van der Waals surface area contributed by atoms with Crippen LogP contribution in [-0.2, 0) is 0 Å². The van der Waals surface area contributed by atoms with E-state index in [0.29, 0.717) is 10.9 Å². The van der Waals surface area contributed by atoms with Gasteiger partial charge in [-0.3, -0.25) is 0 Å². The van der Waals surface area contributed by atoms with E-state index in [1.165, 1.54) is 25.7 Å². The molecule has 5 nitrogen and oxygen atoms in total. The first-order chi connectivity index (χ1) is 8.69. The Hall–Kier alpha value is -1.30. The Bertz CT molecular complexity index is 421. The van der Waals surface area contributed by atoms with Crippen molar-refractivity contribution in [1.29, 1.82) is 0 Å². The molecule has 1 aromatic heterocycles. The second kappa shape index (κ2) is 6.04. The Labute approximate surface area is 111 Å². The van der Waals surface area contributed by atoms with Crippen LogP contribution in [0.4, 0.5) is 0 Å². The molecule has 0 bridgehead atoms. The minimum atomic E-state index is -0.00895. The van der Waals surface area contributed by atoms with Gasteiger partial charge in [0.25, 0.3) is 0 Å². The number of hydrogen-bond acceptors (Lipinski definition) is 5. The van der Waals surface area contributed by atoms with Gasteiger partial charge in [-0.05, 0) is 18.8 Å². The Balaban J connectivity index is 1.97. The van der Waals surface area contributed by atoms with Crippen molar-refractivity contribution in [3.63, 3.8) is 0 Å². The summed E-state index contributed by atoms with van der Waals surface area (Å²) >= 11 is 1.78. The zero-order valence-corrected chi connectivity index (χ0v) is 11.2. The summed E-state index contributed by atoms with van der Waals surface area (Å²) < 4.78 is 0. The molecule has 2 unspecified atom stereocenters. The van der Waals surface area contributed by atoms with Gasteiger partial charge in [-0.25, -0.2) is 9.97 Å². The molecular formula is C12H18N4OS. The lowest BCUT2D eigenvalue weighted by Gasteiger charge is -2.25. The molecule has 2 atom stereocenters. The molecule has 2 rings (SSSR count). The van der Waals surface area contributed by atoms with Crippen LogP contribution in [0.3, 0.4) is 0 Å². The van der Waals surface area contributed by atoms with Crippen molar-refractivity contribution in [3.05, 3.63) is 18.1 Å². The number of amidine groups is 1. The highest BCUT2D eigenvalue weighted by Crippen LogP contribution is 2.34. The van der Waals surface area contributed by atoms with E-state index in [4.69, 9.17) is 10.9 Å². The maximum absolute atomic E-state index is 8.54. The molecule has 1 fully saturated rings. The van der Waals surface area contributed by atoms with Crippen LogP contribution in [0.1, 0.15) is 38.3 Å². The topological polar surface area (TPSA) is 84.4 Å². The Morgan fingerprint density at radius 3 is 2.89 bits per heavy atom. The lowest BCUT2D eigenvalue weighted by atomic mass is 9.91. The maximum Gasteiger partial charge on any atom is 0.190 e. The van der Waals surface area contributed by atoms with E-state index in [1.54, 1.807) is 24.2 Å². The van der Waals surface area contributed by atoms with Crippen LogP contribution in [0.2, 0.25) is 0 Å². The first-order valence-electron chi connectivity index (χ1n) is 6.15. The summed E-state index contributed by atoms with van der Waals surface area (Å²) in [5.74, 6) is 0.797. The standard InChI is InChI=1S/C12H18N4OS/c1-8-3-2-4-9(5-8)18-11-7-14-10(6-15-11)12(13)16-17/h6-9,17H,2-5H2,1H3,(H2,13,16). The van der Waals surface area contributed by atoms with Crippen LogP contribution < -0.4 is 5.73 Å². The molecule has 0 saturated heterocycles. The molecular weight excluding hydrogens is 248 g/mol. The van der Waals surface area contributed by atoms with Gasteiger partial charge in [0.2, 0.25) is 0 Å². The fourth-order valence-electron chi connectivity index (χ4n) is 2.22. The summed E-state index contributed by atoms with van der Waals surface area (Å²) in [6.07, 6.45) is 8.37. The number of nitrogens with two attached hydrogens (primary N) is 1. The SMILES string of the molecule is CC1CCCC(Sc2cnc(C(N)=NO)cn2)C1. The molecule has 6 heteroatoms. The molecule has 0 spiro atoms. The Morgan fingerprint density at radius 2 is 2.28 bits per heavy atom. The first-order valence-corrected chi connectivity index (χ1v) is 7.03. The normalized spacial score (nSPS) is 25.1. The predicted octanol–water partition coefficient (Wildman–Crippen LogP) is 2.24. The molecule has 1 aliphatic carbocycles. The van der Waals surface area contributed by atoms with Crippen molar-refractivity contribution in [2.24, 2.45) is 16.8 Å². The summed E-state index contributed by atoms with van der Waals surface area (Å²) in [6.45, 7) is 2.31. The number of aromatic nitrogens is 2. The third kappa shape index (κ3) is 3.35. The number of rotatable bonds is 3. The van der Waals surface area contributed by atoms with Crippen LogP contribution in [-0.4, -0.2) is 26.3 Å². The predicted molar refractivity (Wildman–Crippen MR) is 71.8 cm³/mol. The summed E-state index contributed by atoms with van der Waals surface area (Å²) in [7, 11) is 0. The number of oxime groups is 1. The average Bonchev–Trinajstić information content (AvgIpc) is 2.39. The van der Waals surface area contributed by atoms with Gasteiger partial charge in [0.1, 0.15) is 10.7 Å². The fourth-order valence-corrected chi connectivity index (χ4v) is 3.49. The van der Waals surface area contributed by atoms with Crippen molar-refractivity contribution in [3.8, 4) is 0 Å². The highest BCUT2D eigenvalue weighted by molar-refractivity contribution is 7.99. The Morgan fingerprint density at radius 1 is 1.44 bits per heavy atom. The lowest BCUT2D eigenvalue weighted by molar-refractivity contribution is 0.318. The van der Waals surface area contributed by atoms with Crippen molar-refractivity contribution < 1.29 is 5.21 Å². The number of nitrogens with zero attached hydrogens (tertiary/aromatic N) is 3. The van der Waals surface area contributed by atoms with E-state index in [2.05, 4.69) is 22.0 Å². The molecule has 1 aliphatic rings. The lowest BCUT2D eigenvalue weighted by Crippen LogP contribution is -2.16. The van der Waals surface area contributed by atoms with Gasteiger partial charge in [-0.1, -0.05) is 24.9 Å². The number of hydrogen-bond donors (Lipinski definition) is 2. The minimum absolute atomic E-state index is 0.00895. The molecule has 0 aliphatic heterocycles. The van der Waals surface area contributed by atoms with Gasteiger partial charge in [0, 0.05) is 5.25 Å². The largest absolute Gasteiger partial charge is 0.409 e. The monoisotopic (exact) mass is 266 g/mol. The average molecular weight is 266 g/mol. The summed E-state index contributed by atoms with van der Waals surface area (Å²) in [5.41, 5.74) is 5.84. The maximum atomic E-state index is 8.54. The van der Waals surface area contributed by atoms with Gasteiger partial charge in [-0.15, -0.1) is 11.8 Å². The van der Waals surface area contributed by atoms with Crippen molar-refractivity contribution in [2.45, 2.75) is 42.9 Å². The molecule has 98 valence electrons. The molecule has 1 heterocycles. The molecule has 18 heavy (non-hydrogen) atoms. The van der Waals surface area contributed by atoms with E-state index in [1.807, 2.05) is 0 Å². The third-order valence-corrected chi connectivity index (χ3v) is 4.39. The van der Waals surface area contributed by atoms with Crippen molar-refractivity contribution in [1.82, 2.24) is 9.97 Å². The van der Waals surface area contributed by atoms with Crippen LogP contribution in [0, 0.1) is 5.92 Å². The molecule has 0 radical (unpaired) electrons. The van der Waals surface area contributed by atoms with Crippen LogP contribution >= 0.6 is 11.8 Å².